The number of benzene rings is 1. The van der Waals surface area contributed by atoms with Crippen molar-refractivity contribution in [2.24, 2.45) is 39.7 Å². The van der Waals surface area contributed by atoms with Crippen molar-refractivity contribution in [2.45, 2.75) is 118 Å². The molecule has 12 nitrogen and oxygen atoms in total. The topological polar surface area (TPSA) is 176 Å². The van der Waals surface area contributed by atoms with Crippen molar-refractivity contribution in [3.63, 3.8) is 0 Å². The average Bonchev–Trinajstić information content (AvgIpc) is 3.26. The van der Waals surface area contributed by atoms with Gasteiger partial charge in [-0.05, 0) is 46.1 Å². The summed E-state index contributed by atoms with van der Waals surface area (Å²) in [5, 5.41) is 5.83. The van der Waals surface area contributed by atoms with Crippen LogP contribution in [0.15, 0.2) is 29.2 Å². The van der Waals surface area contributed by atoms with Crippen LogP contribution in [-0.4, -0.2) is 78.2 Å². The number of ketones is 2. The number of carbonyl (C=O) groups is 5. The van der Waals surface area contributed by atoms with Crippen LogP contribution in [0.25, 0.3) is 0 Å². The highest BCUT2D eigenvalue weighted by Crippen LogP contribution is 2.65. The van der Waals surface area contributed by atoms with E-state index in [9.17, 15) is 32.4 Å². The number of piperidine rings is 1. The zero-order valence-corrected chi connectivity index (χ0v) is 31.3. The molecule has 2 aliphatic heterocycles. The molecule has 272 valence electrons. The molecule has 4 rings (SSSR count). The Hall–Kier alpha value is -3.32. The highest BCUT2D eigenvalue weighted by atomic mass is 32.2. The molecule has 1 saturated carbocycles. The predicted octanol–water partition coefficient (Wildman–Crippen LogP) is 3.62. The molecule has 4 N–H and O–H groups in total. The van der Waals surface area contributed by atoms with E-state index in [0.717, 1.165) is 6.42 Å². The van der Waals surface area contributed by atoms with Gasteiger partial charge in [0, 0.05) is 38.0 Å². The zero-order chi connectivity index (χ0) is 36.9. The van der Waals surface area contributed by atoms with Crippen LogP contribution < -0.4 is 16.4 Å². The number of sulfonamides is 1. The summed E-state index contributed by atoms with van der Waals surface area (Å²) in [5.74, 6) is -3.38. The van der Waals surface area contributed by atoms with Gasteiger partial charge in [0.15, 0.2) is 5.78 Å². The minimum absolute atomic E-state index is 0.0342. The molecule has 0 aromatic heterocycles. The maximum absolute atomic E-state index is 14.4. The molecule has 3 aliphatic rings. The fourth-order valence-corrected chi connectivity index (χ4v) is 9.22. The van der Waals surface area contributed by atoms with Gasteiger partial charge >= 0.3 is 6.03 Å². The monoisotopic (exact) mass is 701 g/mol. The molecule has 1 aliphatic carbocycles. The van der Waals surface area contributed by atoms with Gasteiger partial charge in [0.25, 0.3) is 5.91 Å². The third-order valence-electron chi connectivity index (χ3n) is 10.9. The number of Topliss-reactive ketones (excluding diaryl/α,β-unsaturated/α-hetero) is 2. The molecule has 0 radical (unpaired) electrons. The Labute approximate surface area is 291 Å². The lowest BCUT2D eigenvalue weighted by molar-refractivity contribution is -0.144. The van der Waals surface area contributed by atoms with Gasteiger partial charge in [-0.25, -0.2) is 13.2 Å². The Morgan fingerprint density at radius 3 is 2.18 bits per heavy atom. The van der Waals surface area contributed by atoms with Gasteiger partial charge < -0.3 is 21.3 Å². The SMILES string of the molecule is CCCCC(CC(=O)[C@@H]1[C@@H]2[C@H](CN1C(=O)[C@@H](NC(=O)N[C@H](CN1Cc3ccccc3S1(=O)=O)C(C)(C)C)C(C)(C)C)C2(C)C)C(=O)C(N)=O. The quantitative estimate of drug-likeness (QED) is 0.263. The van der Waals surface area contributed by atoms with Crippen LogP contribution in [0.4, 0.5) is 4.79 Å². The Morgan fingerprint density at radius 2 is 1.63 bits per heavy atom. The Kier molecular flexibility index (Phi) is 10.8. The fraction of sp³-hybridized carbons (Fsp3) is 0.694. The van der Waals surface area contributed by atoms with Gasteiger partial charge in [0.1, 0.15) is 6.04 Å². The number of nitrogens with two attached hydrogens (primary N) is 1. The number of fused-ring (bicyclic) bond motifs is 2. The van der Waals surface area contributed by atoms with E-state index in [1.165, 1.54) is 4.31 Å². The van der Waals surface area contributed by atoms with Crippen molar-refractivity contribution in [1.29, 1.82) is 0 Å². The molecule has 6 atom stereocenters. The van der Waals surface area contributed by atoms with E-state index < -0.39 is 68.5 Å². The number of primary amides is 1. The van der Waals surface area contributed by atoms with Gasteiger partial charge in [-0.2, -0.15) is 4.31 Å². The van der Waals surface area contributed by atoms with E-state index >= 15 is 0 Å². The summed E-state index contributed by atoms with van der Waals surface area (Å²) in [6.07, 6.45) is 1.61. The number of nitrogens with one attached hydrogen (secondary N) is 2. The van der Waals surface area contributed by atoms with Crippen LogP contribution >= 0.6 is 0 Å². The second-order valence-corrected chi connectivity index (χ2v) is 18.8. The molecule has 1 unspecified atom stereocenters. The van der Waals surface area contributed by atoms with Gasteiger partial charge in [-0.15, -0.1) is 0 Å². The van der Waals surface area contributed by atoms with Crippen molar-refractivity contribution in [2.75, 3.05) is 13.1 Å². The molecule has 0 bridgehead atoms. The van der Waals surface area contributed by atoms with Crippen LogP contribution in [0.3, 0.4) is 0 Å². The molecule has 4 amide bonds. The summed E-state index contributed by atoms with van der Waals surface area (Å²) in [6.45, 7) is 17.9. The first kappa shape index (κ1) is 38.5. The van der Waals surface area contributed by atoms with E-state index in [4.69, 9.17) is 5.73 Å². The normalized spacial score (nSPS) is 24.3. The molecule has 2 fully saturated rings. The molecule has 13 heteroatoms. The summed E-state index contributed by atoms with van der Waals surface area (Å²) < 4.78 is 28.0. The maximum atomic E-state index is 14.4. The van der Waals surface area contributed by atoms with Gasteiger partial charge in [0.05, 0.1) is 10.9 Å². The molecular formula is C36H55N5O7S. The highest BCUT2D eigenvalue weighted by molar-refractivity contribution is 7.89. The molecule has 1 aromatic carbocycles. The number of unbranched alkanes of at least 4 members (excludes halogenated alkanes) is 1. The number of likely N-dealkylation sites (tertiary alicyclic amines) is 1. The number of carbonyl (C=O) groups excluding carboxylic acids is 5. The van der Waals surface area contributed by atoms with Crippen LogP contribution in [0.5, 0.6) is 0 Å². The summed E-state index contributed by atoms with van der Waals surface area (Å²) in [5.41, 5.74) is 4.54. The molecule has 0 spiro atoms. The van der Waals surface area contributed by atoms with Gasteiger partial charge in [0.2, 0.25) is 21.7 Å². The van der Waals surface area contributed by atoms with Crippen molar-refractivity contribution < 1.29 is 32.4 Å². The Balaban J connectivity index is 1.53. The molecule has 2 heterocycles. The molecule has 1 aromatic rings. The van der Waals surface area contributed by atoms with Crippen molar-refractivity contribution >= 4 is 39.4 Å². The largest absolute Gasteiger partial charge is 0.363 e. The summed E-state index contributed by atoms with van der Waals surface area (Å²) in [4.78, 5) is 68.3. The first-order valence-electron chi connectivity index (χ1n) is 17.3. The lowest BCUT2D eigenvalue weighted by Gasteiger charge is -2.39. The molecule has 1 saturated heterocycles. The second-order valence-electron chi connectivity index (χ2n) is 16.9. The first-order valence-corrected chi connectivity index (χ1v) is 18.8. The molecular weight excluding hydrogens is 646 g/mol. The Bertz CT molecular complexity index is 1590. The standard InChI is InChI=1S/C36H55N5O7S/c1-10-11-14-21(29(43)31(37)44)17-24(42)28-27-23(36(27,8)9)19-41(28)32(45)30(35(5,6)7)39-33(46)38-26(34(2,3)4)20-40-18-22-15-12-13-16-25(22)49(40,47)48/h12-13,15-16,21,23,26-28,30H,10-11,14,17-20H2,1-9H3,(H2,37,44)(H2,38,39,46)/t21?,23-,26+,27-,28+,30+/m0/s1. The summed E-state index contributed by atoms with van der Waals surface area (Å²) in [7, 11) is -3.74. The summed E-state index contributed by atoms with van der Waals surface area (Å²) in [6, 6.07) is 3.79. The van der Waals surface area contributed by atoms with Crippen LogP contribution in [0.1, 0.15) is 93.6 Å². The van der Waals surface area contributed by atoms with E-state index in [2.05, 4.69) is 24.5 Å². The number of amides is 4. The van der Waals surface area contributed by atoms with Crippen LogP contribution in [0, 0.1) is 34.0 Å². The number of rotatable bonds is 13. The lowest BCUT2D eigenvalue weighted by atomic mass is 9.84. The number of hydrogen-bond donors (Lipinski definition) is 3. The van der Waals surface area contributed by atoms with Gasteiger partial charge in [-0.1, -0.05) is 93.4 Å². The summed E-state index contributed by atoms with van der Waals surface area (Å²) >= 11 is 0. The van der Waals surface area contributed by atoms with E-state index in [-0.39, 0.29) is 47.4 Å². The van der Waals surface area contributed by atoms with Crippen molar-refractivity contribution in [3.8, 4) is 0 Å². The van der Waals surface area contributed by atoms with E-state index in [1.807, 2.05) is 48.5 Å². The smallest absolute Gasteiger partial charge is 0.315 e. The maximum Gasteiger partial charge on any atom is 0.315 e. The number of urea groups is 1. The number of hydrogen-bond acceptors (Lipinski definition) is 7. The third-order valence-corrected chi connectivity index (χ3v) is 12.8. The third kappa shape index (κ3) is 7.87. The fourth-order valence-electron chi connectivity index (χ4n) is 7.57. The van der Waals surface area contributed by atoms with E-state index in [0.29, 0.717) is 24.9 Å². The minimum atomic E-state index is -3.74. The minimum Gasteiger partial charge on any atom is -0.363 e. The second kappa shape index (κ2) is 13.8. The van der Waals surface area contributed by atoms with Crippen molar-refractivity contribution in [3.05, 3.63) is 29.8 Å². The molecule has 49 heavy (non-hydrogen) atoms. The predicted molar refractivity (Wildman–Crippen MR) is 185 cm³/mol. The first-order chi connectivity index (χ1) is 22.5. The van der Waals surface area contributed by atoms with Crippen LogP contribution in [0.2, 0.25) is 0 Å². The Morgan fingerprint density at radius 1 is 1.00 bits per heavy atom. The van der Waals surface area contributed by atoms with Gasteiger partial charge in [-0.3, -0.25) is 19.2 Å². The van der Waals surface area contributed by atoms with Crippen LogP contribution in [-0.2, 0) is 35.7 Å². The lowest BCUT2D eigenvalue weighted by Crippen LogP contribution is -2.61. The zero-order valence-electron chi connectivity index (χ0n) is 30.5. The highest BCUT2D eigenvalue weighted by Gasteiger charge is 2.69. The number of nitrogens with zero attached hydrogens (tertiary/aromatic N) is 2. The van der Waals surface area contributed by atoms with E-state index in [1.54, 1.807) is 29.2 Å². The van der Waals surface area contributed by atoms with Crippen molar-refractivity contribution in [1.82, 2.24) is 19.8 Å². The average molecular weight is 702 g/mol.